The van der Waals surface area contributed by atoms with Crippen molar-refractivity contribution in [1.29, 1.82) is 0 Å². The lowest BCUT2D eigenvalue weighted by Crippen LogP contribution is -2.13. The molecule has 0 amide bonds. The van der Waals surface area contributed by atoms with Gasteiger partial charge in [-0.1, -0.05) is 57.2 Å². The first kappa shape index (κ1) is 24.5. The SMILES string of the molecule is CC(=O)Cc1cc(CCc2ccc(CC(=O)Cc3cccc(C(C)(C)C)c3)c(F)c2)ccn1. The summed E-state index contributed by atoms with van der Waals surface area (Å²) in [5.74, 6) is -0.257. The smallest absolute Gasteiger partial charge is 0.141 e. The van der Waals surface area contributed by atoms with Crippen molar-refractivity contribution in [3.63, 3.8) is 0 Å². The van der Waals surface area contributed by atoms with Crippen LogP contribution in [0.5, 0.6) is 0 Å². The summed E-state index contributed by atoms with van der Waals surface area (Å²) in [6.07, 6.45) is 3.83. The fourth-order valence-electron chi connectivity index (χ4n) is 3.86. The first-order chi connectivity index (χ1) is 15.6. The molecule has 0 N–H and O–H groups in total. The van der Waals surface area contributed by atoms with Gasteiger partial charge >= 0.3 is 0 Å². The highest BCUT2D eigenvalue weighted by atomic mass is 19.1. The largest absolute Gasteiger partial charge is 0.300 e. The maximum absolute atomic E-state index is 14.7. The third-order valence-corrected chi connectivity index (χ3v) is 5.71. The number of hydrogen-bond acceptors (Lipinski definition) is 3. The Morgan fingerprint density at radius 1 is 0.848 bits per heavy atom. The molecule has 3 nitrogen and oxygen atoms in total. The topological polar surface area (TPSA) is 47.0 Å². The molecule has 2 aromatic carbocycles. The lowest BCUT2D eigenvalue weighted by molar-refractivity contribution is -0.118. The van der Waals surface area contributed by atoms with Crippen LogP contribution in [0.1, 0.15) is 61.2 Å². The first-order valence-electron chi connectivity index (χ1n) is 11.4. The van der Waals surface area contributed by atoms with Crippen molar-refractivity contribution in [1.82, 2.24) is 4.98 Å². The minimum Gasteiger partial charge on any atom is -0.300 e. The second kappa shape index (κ2) is 10.7. The molecule has 0 fully saturated rings. The predicted molar refractivity (Wildman–Crippen MR) is 130 cm³/mol. The van der Waals surface area contributed by atoms with Crippen LogP contribution in [0.4, 0.5) is 4.39 Å². The lowest BCUT2D eigenvalue weighted by Gasteiger charge is -2.19. The van der Waals surface area contributed by atoms with Gasteiger partial charge in [-0.05, 0) is 71.2 Å². The third-order valence-electron chi connectivity index (χ3n) is 5.71. The van der Waals surface area contributed by atoms with Crippen LogP contribution in [0.15, 0.2) is 60.8 Å². The molecule has 4 heteroatoms. The van der Waals surface area contributed by atoms with E-state index in [-0.39, 0.29) is 29.2 Å². The van der Waals surface area contributed by atoms with Crippen molar-refractivity contribution in [2.45, 2.75) is 65.2 Å². The molecule has 0 bridgehead atoms. The molecule has 3 aromatic rings. The van der Waals surface area contributed by atoms with Gasteiger partial charge in [-0.15, -0.1) is 0 Å². The molecule has 0 aliphatic carbocycles. The monoisotopic (exact) mass is 445 g/mol. The Bertz CT molecular complexity index is 1140. The number of carbonyl (C=O) groups excluding carboxylic acids is 2. The number of carbonyl (C=O) groups is 2. The molecular weight excluding hydrogens is 413 g/mol. The molecule has 0 saturated heterocycles. The van der Waals surface area contributed by atoms with Crippen LogP contribution in [0.25, 0.3) is 0 Å². The molecule has 0 aliphatic heterocycles. The molecule has 1 aromatic heterocycles. The average molecular weight is 446 g/mol. The molecule has 0 saturated carbocycles. The molecule has 172 valence electrons. The van der Waals surface area contributed by atoms with Crippen molar-refractivity contribution in [3.05, 3.63) is 100 Å². The van der Waals surface area contributed by atoms with Crippen molar-refractivity contribution in [2.24, 2.45) is 0 Å². The molecule has 33 heavy (non-hydrogen) atoms. The van der Waals surface area contributed by atoms with E-state index in [2.05, 4.69) is 37.9 Å². The van der Waals surface area contributed by atoms with Crippen molar-refractivity contribution >= 4 is 11.6 Å². The number of rotatable bonds is 9. The number of ketones is 2. The maximum atomic E-state index is 14.7. The molecule has 0 radical (unpaired) electrons. The van der Waals surface area contributed by atoms with Crippen LogP contribution in [0.2, 0.25) is 0 Å². The van der Waals surface area contributed by atoms with Crippen molar-refractivity contribution < 1.29 is 14.0 Å². The number of benzene rings is 2. The summed E-state index contributed by atoms with van der Waals surface area (Å²) >= 11 is 0. The summed E-state index contributed by atoms with van der Waals surface area (Å²) in [4.78, 5) is 28.1. The minimum atomic E-state index is -0.337. The summed E-state index contributed by atoms with van der Waals surface area (Å²) in [7, 11) is 0. The Labute approximate surface area is 196 Å². The highest BCUT2D eigenvalue weighted by molar-refractivity contribution is 5.83. The second-order valence-corrected chi connectivity index (χ2v) is 9.80. The highest BCUT2D eigenvalue weighted by Gasteiger charge is 2.15. The molecule has 0 unspecified atom stereocenters. The summed E-state index contributed by atoms with van der Waals surface area (Å²) in [5.41, 5.74) is 5.31. The summed E-state index contributed by atoms with van der Waals surface area (Å²) < 4.78 is 14.7. The van der Waals surface area contributed by atoms with Gasteiger partial charge in [-0.3, -0.25) is 14.6 Å². The van der Waals surface area contributed by atoms with E-state index >= 15 is 0 Å². The van der Waals surface area contributed by atoms with E-state index in [1.807, 2.05) is 30.3 Å². The fourth-order valence-corrected chi connectivity index (χ4v) is 3.86. The van der Waals surface area contributed by atoms with E-state index in [9.17, 15) is 14.0 Å². The molecule has 0 aliphatic rings. The van der Waals surface area contributed by atoms with Gasteiger partial charge in [0.15, 0.2) is 0 Å². The van der Waals surface area contributed by atoms with Crippen LogP contribution in [0, 0.1) is 5.82 Å². The zero-order valence-electron chi connectivity index (χ0n) is 20.0. The Balaban J connectivity index is 1.59. The van der Waals surface area contributed by atoms with Crippen LogP contribution in [-0.4, -0.2) is 16.6 Å². The Kier molecular flexibility index (Phi) is 7.91. The fraction of sp³-hybridized carbons (Fsp3) is 0.345. The zero-order valence-corrected chi connectivity index (χ0v) is 20.0. The normalized spacial score (nSPS) is 11.4. The third kappa shape index (κ3) is 7.45. The van der Waals surface area contributed by atoms with Crippen LogP contribution in [0.3, 0.4) is 0 Å². The van der Waals surface area contributed by atoms with Gasteiger partial charge in [-0.2, -0.15) is 0 Å². The van der Waals surface area contributed by atoms with Gasteiger partial charge in [0.2, 0.25) is 0 Å². The molecular formula is C29H32FNO2. The second-order valence-electron chi connectivity index (χ2n) is 9.80. The molecule has 0 spiro atoms. The van der Waals surface area contributed by atoms with Gasteiger partial charge in [-0.25, -0.2) is 4.39 Å². The van der Waals surface area contributed by atoms with E-state index in [1.165, 1.54) is 11.6 Å². The molecule has 3 rings (SSSR count). The summed E-state index contributed by atoms with van der Waals surface area (Å²) in [6, 6.07) is 17.1. The van der Waals surface area contributed by atoms with E-state index in [0.29, 0.717) is 24.8 Å². The van der Waals surface area contributed by atoms with E-state index in [1.54, 1.807) is 19.2 Å². The zero-order chi connectivity index (χ0) is 24.0. The Morgan fingerprint density at radius 3 is 2.24 bits per heavy atom. The van der Waals surface area contributed by atoms with Gasteiger partial charge in [0.1, 0.15) is 17.4 Å². The summed E-state index contributed by atoms with van der Waals surface area (Å²) in [6.45, 7) is 7.98. The van der Waals surface area contributed by atoms with Crippen molar-refractivity contribution in [2.75, 3.05) is 0 Å². The Hall–Kier alpha value is -3.14. The van der Waals surface area contributed by atoms with Crippen LogP contribution < -0.4 is 0 Å². The molecule has 0 atom stereocenters. The van der Waals surface area contributed by atoms with Gasteiger partial charge in [0, 0.05) is 31.2 Å². The average Bonchev–Trinajstić information content (AvgIpc) is 2.73. The minimum absolute atomic E-state index is 0.00231. The Morgan fingerprint density at radius 2 is 1.58 bits per heavy atom. The van der Waals surface area contributed by atoms with E-state index in [4.69, 9.17) is 0 Å². The molecule has 1 heterocycles. The van der Waals surface area contributed by atoms with Crippen LogP contribution >= 0.6 is 0 Å². The van der Waals surface area contributed by atoms with Crippen molar-refractivity contribution in [3.8, 4) is 0 Å². The lowest BCUT2D eigenvalue weighted by atomic mass is 9.85. The number of aromatic nitrogens is 1. The van der Waals surface area contributed by atoms with Crippen LogP contribution in [-0.2, 0) is 47.1 Å². The summed E-state index contributed by atoms with van der Waals surface area (Å²) in [5, 5.41) is 0. The number of halogens is 1. The van der Waals surface area contributed by atoms with E-state index < -0.39 is 0 Å². The van der Waals surface area contributed by atoms with Gasteiger partial charge < -0.3 is 0 Å². The van der Waals surface area contributed by atoms with Gasteiger partial charge in [0.25, 0.3) is 0 Å². The van der Waals surface area contributed by atoms with E-state index in [0.717, 1.165) is 28.8 Å². The number of aryl methyl sites for hydroxylation is 2. The quantitative estimate of drug-likeness (QED) is 0.419. The standard InChI is InChI=1S/C29H32FNO2/c1-20(32)14-26-16-22(12-13-31-26)9-8-21-10-11-24(28(30)18-21)19-27(33)17-23-6-5-7-25(15-23)29(2,3)4/h5-7,10-13,15-16,18H,8-9,14,17,19H2,1-4H3. The number of Topliss-reactive ketones (excluding diaryl/α,β-unsaturated/α-hetero) is 2. The maximum Gasteiger partial charge on any atom is 0.141 e. The number of hydrogen-bond donors (Lipinski definition) is 0. The first-order valence-corrected chi connectivity index (χ1v) is 11.4. The highest BCUT2D eigenvalue weighted by Crippen LogP contribution is 2.23. The number of nitrogens with zero attached hydrogens (tertiary/aromatic N) is 1. The predicted octanol–water partition coefficient (Wildman–Crippen LogP) is 5.79. The van der Waals surface area contributed by atoms with Gasteiger partial charge in [0.05, 0.1) is 0 Å². The number of pyridine rings is 1.